The number of carbonyl (C=O) groups is 1. The lowest BCUT2D eigenvalue weighted by Crippen LogP contribution is -2.17. The highest BCUT2D eigenvalue weighted by Crippen LogP contribution is 2.27. The number of amides is 1. The maximum Gasteiger partial charge on any atom is 0.301 e. The topological polar surface area (TPSA) is 99.1 Å². The highest BCUT2D eigenvalue weighted by atomic mass is 127. The standard InChI is InChI=1S/C7H4F2IN3O3/c8-6(9)4-2(10)1-3(13(15)16)5(12-4)7(11)14/h1,6H,(H2,11,14). The summed E-state index contributed by atoms with van der Waals surface area (Å²) in [6.45, 7) is 0. The Balaban J connectivity index is 3.49. The SMILES string of the molecule is NC(=O)c1nc(C(F)F)c(I)cc1[N+](=O)[O-]. The molecule has 1 aromatic rings. The number of halogens is 3. The number of nitro groups is 1. The monoisotopic (exact) mass is 343 g/mol. The Kier molecular flexibility index (Phi) is 3.67. The lowest BCUT2D eigenvalue weighted by atomic mass is 10.2. The molecule has 0 unspecified atom stereocenters. The van der Waals surface area contributed by atoms with Crippen LogP contribution in [-0.2, 0) is 0 Å². The average Bonchev–Trinajstić information content (AvgIpc) is 2.15. The van der Waals surface area contributed by atoms with Crippen LogP contribution in [0.2, 0.25) is 0 Å². The molecule has 0 aliphatic carbocycles. The molecule has 0 spiro atoms. The second-order valence-corrected chi connectivity index (χ2v) is 3.81. The summed E-state index contributed by atoms with van der Waals surface area (Å²) >= 11 is 1.48. The smallest absolute Gasteiger partial charge is 0.301 e. The number of pyridine rings is 1. The normalized spacial score (nSPS) is 10.5. The summed E-state index contributed by atoms with van der Waals surface area (Å²) in [5, 5.41) is 10.5. The number of primary amides is 1. The number of rotatable bonds is 3. The van der Waals surface area contributed by atoms with Gasteiger partial charge < -0.3 is 5.73 Å². The fraction of sp³-hybridized carbons (Fsp3) is 0.143. The molecule has 86 valence electrons. The van der Waals surface area contributed by atoms with E-state index in [0.717, 1.165) is 6.07 Å². The van der Waals surface area contributed by atoms with Crippen LogP contribution in [0, 0.1) is 13.7 Å². The molecule has 0 radical (unpaired) electrons. The Morgan fingerprint density at radius 1 is 1.62 bits per heavy atom. The van der Waals surface area contributed by atoms with Crippen LogP contribution in [0.4, 0.5) is 14.5 Å². The summed E-state index contributed by atoms with van der Waals surface area (Å²) < 4.78 is 24.7. The van der Waals surface area contributed by atoms with Gasteiger partial charge in [-0.15, -0.1) is 0 Å². The van der Waals surface area contributed by atoms with Crippen molar-refractivity contribution in [2.45, 2.75) is 6.43 Å². The molecule has 9 heteroatoms. The van der Waals surface area contributed by atoms with Crippen molar-refractivity contribution in [1.82, 2.24) is 4.98 Å². The lowest BCUT2D eigenvalue weighted by molar-refractivity contribution is -0.385. The largest absolute Gasteiger partial charge is 0.364 e. The van der Waals surface area contributed by atoms with Crippen LogP contribution in [0.25, 0.3) is 0 Å². The number of nitrogens with two attached hydrogens (primary N) is 1. The number of hydrogen-bond acceptors (Lipinski definition) is 4. The van der Waals surface area contributed by atoms with Gasteiger partial charge in [0.2, 0.25) is 5.69 Å². The number of carbonyl (C=O) groups excluding carboxylic acids is 1. The molecule has 0 atom stereocenters. The third kappa shape index (κ3) is 2.40. The number of aromatic nitrogens is 1. The van der Waals surface area contributed by atoms with E-state index < -0.39 is 34.3 Å². The van der Waals surface area contributed by atoms with Crippen LogP contribution < -0.4 is 5.73 Å². The molecule has 0 aliphatic heterocycles. The van der Waals surface area contributed by atoms with Gasteiger partial charge in [-0.1, -0.05) is 0 Å². The van der Waals surface area contributed by atoms with Gasteiger partial charge in [0.25, 0.3) is 12.3 Å². The predicted molar refractivity (Wildman–Crippen MR) is 57.1 cm³/mol. The van der Waals surface area contributed by atoms with Gasteiger partial charge in [0.1, 0.15) is 5.69 Å². The highest BCUT2D eigenvalue weighted by molar-refractivity contribution is 14.1. The molecule has 0 bridgehead atoms. The van der Waals surface area contributed by atoms with Crippen molar-refractivity contribution in [2.75, 3.05) is 0 Å². The third-order valence-corrected chi connectivity index (χ3v) is 2.48. The Morgan fingerprint density at radius 2 is 2.19 bits per heavy atom. The first-order valence-corrected chi connectivity index (χ1v) is 4.85. The van der Waals surface area contributed by atoms with Crippen LogP contribution in [0.15, 0.2) is 6.07 Å². The first-order chi connectivity index (χ1) is 7.34. The zero-order valence-electron chi connectivity index (χ0n) is 7.49. The molecule has 0 aliphatic rings. The van der Waals surface area contributed by atoms with Crippen molar-refractivity contribution in [3.8, 4) is 0 Å². The van der Waals surface area contributed by atoms with E-state index in [1.165, 1.54) is 22.6 Å². The van der Waals surface area contributed by atoms with E-state index in [1.807, 2.05) is 0 Å². The van der Waals surface area contributed by atoms with Gasteiger partial charge in [-0.2, -0.15) is 0 Å². The van der Waals surface area contributed by atoms with E-state index in [1.54, 1.807) is 0 Å². The lowest BCUT2D eigenvalue weighted by Gasteiger charge is -2.04. The second-order valence-electron chi connectivity index (χ2n) is 2.65. The second kappa shape index (κ2) is 4.63. The fourth-order valence-corrected chi connectivity index (χ4v) is 1.62. The van der Waals surface area contributed by atoms with Crippen LogP contribution in [-0.4, -0.2) is 15.8 Å². The first kappa shape index (κ1) is 12.7. The summed E-state index contributed by atoms with van der Waals surface area (Å²) in [6.07, 6.45) is -2.93. The average molecular weight is 343 g/mol. The van der Waals surface area contributed by atoms with Crippen molar-refractivity contribution in [1.29, 1.82) is 0 Å². The van der Waals surface area contributed by atoms with Gasteiger partial charge in [0.15, 0.2) is 0 Å². The molecule has 0 saturated heterocycles. The van der Waals surface area contributed by atoms with Crippen molar-refractivity contribution < 1.29 is 18.5 Å². The summed E-state index contributed by atoms with van der Waals surface area (Å²) in [6, 6.07) is 0.842. The van der Waals surface area contributed by atoms with E-state index in [9.17, 15) is 23.7 Å². The molecule has 1 rings (SSSR count). The summed E-state index contributed by atoms with van der Waals surface area (Å²) in [5.41, 5.74) is 2.68. The Hall–Kier alpha value is -1.39. The molecule has 1 aromatic heterocycles. The quantitative estimate of drug-likeness (QED) is 0.512. The molecule has 16 heavy (non-hydrogen) atoms. The molecule has 0 saturated carbocycles. The molecule has 1 heterocycles. The molecular weight excluding hydrogens is 339 g/mol. The molecular formula is C7H4F2IN3O3. The predicted octanol–water partition coefficient (Wildman–Crippen LogP) is 1.63. The van der Waals surface area contributed by atoms with E-state index in [2.05, 4.69) is 4.98 Å². The van der Waals surface area contributed by atoms with Gasteiger partial charge >= 0.3 is 5.69 Å². The van der Waals surface area contributed by atoms with Gasteiger partial charge in [0, 0.05) is 9.64 Å². The molecule has 0 fully saturated rings. The fourth-order valence-electron chi connectivity index (χ4n) is 0.967. The maximum atomic E-state index is 12.4. The maximum absolute atomic E-state index is 12.4. The van der Waals surface area contributed by atoms with E-state index in [0.29, 0.717) is 0 Å². The van der Waals surface area contributed by atoms with Crippen LogP contribution in [0.3, 0.4) is 0 Å². The summed E-state index contributed by atoms with van der Waals surface area (Å²) in [7, 11) is 0. The molecule has 6 nitrogen and oxygen atoms in total. The Labute approximate surface area is 101 Å². The Bertz CT molecular complexity index is 466. The van der Waals surface area contributed by atoms with Gasteiger partial charge in [-0.25, -0.2) is 13.8 Å². The van der Waals surface area contributed by atoms with Gasteiger partial charge in [-0.05, 0) is 22.6 Å². The highest BCUT2D eigenvalue weighted by Gasteiger charge is 2.25. The van der Waals surface area contributed by atoms with E-state index in [4.69, 9.17) is 5.73 Å². The van der Waals surface area contributed by atoms with Gasteiger partial charge in [-0.3, -0.25) is 14.9 Å². The van der Waals surface area contributed by atoms with Crippen molar-refractivity contribution in [3.05, 3.63) is 31.1 Å². The van der Waals surface area contributed by atoms with Crippen LogP contribution in [0.5, 0.6) is 0 Å². The minimum Gasteiger partial charge on any atom is -0.364 e. The Morgan fingerprint density at radius 3 is 2.56 bits per heavy atom. The minimum absolute atomic E-state index is 0.0932. The zero-order chi connectivity index (χ0) is 12.5. The van der Waals surface area contributed by atoms with Gasteiger partial charge in [0.05, 0.1) is 4.92 Å². The number of hydrogen-bond donors (Lipinski definition) is 1. The van der Waals surface area contributed by atoms with E-state index in [-0.39, 0.29) is 3.57 Å². The van der Waals surface area contributed by atoms with Crippen LogP contribution in [0.1, 0.15) is 22.6 Å². The van der Waals surface area contributed by atoms with Crippen molar-refractivity contribution in [3.63, 3.8) is 0 Å². The number of alkyl halides is 2. The first-order valence-electron chi connectivity index (χ1n) is 3.77. The molecule has 0 aromatic carbocycles. The third-order valence-electron chi connectivity index (χ3n) is 1.62. The number of nitrogens with zero attached hydrogens (tertiary/aromatic N) is 2. The summed E-state index contributed by atoms with van der Waals surface area (Å²) in [4.78, 5) is 23.7. The minimum atomic E-state index is -2.93. The summed E-state index contributed by atoms with van der Waals surface area (Å²) in [5.74, 6) is -1.22. The zero-order valence-corrected chi connectivity index (χ0v) is 9.64. The van der Waals surface area contributed by atoms with Crippen molar-refractivity contribution in [2.24, 2.45) is 5.73 Å². The molecule has 2 N–H and O–H groups in total. The van der Waals surface area contributed by atoms with Crippen LogP contribution >= 0.6 is 22.6 Å². The van der Waals surface area contributed by atoms with Crippen molar-refractivity contribution >= 4 is 34.2 Å². The van der Waals surface area contributed by atoms with E-state index >= 15 is 0 Å². The molecule has 1 amide bonds.